The molecule has 0 saturated carbocycles. The second-order valence-corrected chi connectivity index (χ2v) is 9.00. The quantitative estimate of drug-likeness (QED) is 0.687. The summed E-state index contributed by atoms with van der Waals surface area (Å²) in [6.07, 6.45) is -1.99. The fourth-order valence-electron chi connectivity index (χ4n) is 3.38. The van der Waals surface area contributed by atoms with Crippen molar-refractivity contribution in [2.24, 2.45) is 0 Å². The molecule has 2 aromatic rings. The first kappa shape index (κ1) is 22.1. The Morgan fingerprint density at radius 1 is 1.07 bits per heavy atom. The normalized spacial score (nSPS) is 18.1. The topological polar surface area (TPSA) is 78.5 Å². The maximum atomic E-state index is 13.0. The predicted molar refractivity (Wildman–Crippen MR) is 106 cm³/mol. The first-order valence-corrected chi connectivity index (χ1v) is 10.9. The number of carbonyl (C=O) groups is 1. The van der Waals surface area contributed by atoms with Gasteiger partial charge in [0, 0.05) is 18.2 Å². The Hall–Kier alpha value is -2.59. The first-order valence-electron chi connectivity index (χ1n) is 9.45. The van der Waals surface area contributed by atoms with E-state index in [1.165, 1.54) is 46.8 Å². The van der Waals surface area contributed by atoms with Crippen molar-refractivity contribution in [2.75, 3.05) is 12.0 Å². The van der Waals surface area contributed by atoms with Crippen molar-refractivity contribution < 1.29 is 26.4 Å². The number of para-hydroxylation sites is 1. The highest BCUT2D eigenvalue weighted by molar-refractivity contribution is 7.89. The zero-order valence-corrected chi connectivity index (χ0v) is 17.1. The molecule has 10 heteroatoms. The van der Waals surface area contributed by atoms with Gasteiger partial charge in [-0.05, 0) is 56.2 Å². The molecule has 30 heavy (non-hydrogen) atoms. The average Bonchev–Trinajstić information content (AvgIpc) is 2.72. The van der Waals surface area contributed by atoms with Crippen LogP contribution in [-0.2, 0) is 16.2 Å². The fourth-order valence-corrected chi connectivity index (χ4v) is 5.08. The smallest absolute Gasteiger partial charge is 0.298 e. The summed E-state index contributed by atoms with van der Waals surface area (Å²) in [6.45, 7) is 2.32. The van der Waals surface area contributed by atoms with E-state index in [0.717, 1.165) is 25.3 Å². The van der Waals surface area contributed by atoms with Crippen molar-refractivity contribution in [1.82, 2.24) is 9.73 Å². The molecule has 1 heterocycles. The number of anilines is 1. The van der Waals surface area contributed by atoms with Crippen LogP contribution in [0.15, 0.2) is 53.4 Å². The zero-order chi connectivity index (χ0) is 21.9. The van der Waals surface area contributed by atoms with E-state index in [1.54, 1.807) is 0 Å². The molecule has 1 atom stereocenters. The van der Waals surface area contributed by atoms with E-state index < -0.39 is 27.7 Å². The third-order valence-electron chi connectivity index (χ3n) is 5.01. The van der Waals surface area contributed by atoms with E-state index in [0.29, 0.717) is 6.54 Å². The van der Waals surface area contributed by atoms with E-state index in [-0.39, 0.29) is 22.2 Å². The molecule has 0 aliphatic carbocycles. The highest BCUT2D eigenvalue weighted by Crippen LogP contribution is 2.34. The van der Waals surface area contributed by atoms with E-state index in [1.807, 2.05) is 6.92 Å². The Kier molecular flexibility index (Phi) is 6.37. The maximum Gasteiger partial charge on any atom is 0.418 e. The number of hydrogen-bond acceptors (Lipinski definition) is 4. The molecule has 1 aliphatic heterocycles. The summed E-state index contributed by atoms with van der Waals surface area (Å²) < 4.78 is 66.2. The van der Waals surface area contributed by atoms with Gasteiger partial charge in [0.2, 0.25) is 10.0 Å². The van der Waals surface area contributed by atoms with Gasteiger partial charge in [-0.3, -0.25) is 15.6 Å². The van der Waals surface area contributed by atoms with Crippen molar-refractivity contribution in [3.05, 3.63) is 59.7 Å². The molecule has 1 fully saturated rings. The molecule has 0 aromatic heterocycles. The maximum absolute atomic E-state index is 13.0. The van der Waals surface area contributed by atoms with Gasteiger partial charge in [0.15, 0.2) is 0 Å². The number of alkyl halides is 3. The van der Waals surface area contributed by atoms with Crippen LogP contribution in [0.1, 0.15) is 42.1 Å². The Morgan fingerprint density at radius 2 is 1.73 bits per heavy atom. The molecule has 2 aromatic carbocycles. The average molecular weight is 441 g/mol. The second-order valence-electron chi connectivity index (χ2n) is 7.11. The third-order valence-corrected chi connectivity index (χ3v) is 7.04. The van der Waals surface area contributed by atoms with Crippen molar-refractivity contribution in [1.29, 1.82) is 0 Å². The van der Waals surface area contributed by atoms with Crippen LogP contribution in [0.3, 0.4) is 0 Å². The van der Waals surface area contributed by atoms with Crippen LogP contribution in [0.25, 0.3) is 0 Å². The molecule has 3 rings (SSSR count). The lowest BCUT2D eigenvalue weighted by molar-refractivity contribution is -0.137. The summed E-state index contributed by atoms with van der Waals surface area (Å²) in [4.78, 5) is 12.4. The minimum atomic E-state index is -4.57. The third kappa shape index (κ3) is 4.76. The molecule has 0 spiro atoms. The standard InChI is InChI=1S/C20H22F3N3O3S/c1-14-6-4-5-13-26(14)30(28,29)16-11-9-15(10-12-16)19(27)25-24-18-8-3-2-7-17(18)20(21,22)23/h2-3,7-12,14,24H,4-6,13H2,1H3,(H,25,27). The molecule has 6 nitrogen and oxygen atoms in total. The lowest BCUT2D eigenvalue weighted by Crippen LogP contribution is -2.41. The highest BCUT2D eigenvalue weighted by atomic mass is 32.2. The highest BCUT2D eigenvalue weighted by Gasteiger charge is 2.33. The summed E-state index contributed by atoms with van der Waals surface area (Å²) in [6, 6.07) is 9.97. The van der Waals surface area contributed by atoms with Gasteiger partial charge in [-0.2, -0.15) is 17.5 Å². The molecule has 0 bridgehead atoms. The summed E-state index contributed by atoms with van der Waals surface area (Å²) in [5, 5.41) is 0. The number of halogens is 3. The van der Waals surface area contributed by atoms with Gasteiger partial charge in [0.1, 0.15) is 0 Å². The van der Waals surface area contributed by atoms with Gasteiger partial charge in [-0.15, -0.1) is 0 Å². The number of sulfonamides is 1. The van der Waals surface area contributed by atoms with Crippen molar-refractivity contribution in [3.63, 3.8) is 0 Å². The van der Waals surface area contributed by atoms with Crippen LogP contribution in [0.4, 0.5) is 18.9 Å². The Bertz CT molecular complexity index is 1010. The summed E-state index contributed by atoms with van der Waals surface area (Å²) in [5.41, 5.74) is 3.38. The molecule has 1 aliphatic rings. The van der Waals surface area contributed by atoms with Crippen molar-refractivity contribution >= 4 is 21.6 Å². The lowest BCUT2D eigenvalue weighted by Gasteiger charge is -2.32. The minimum Gasteiger partial charge on any atom is -0.298 e. The van der Waals surface area contributed by atoms with Gasteiger partial charge < -0.3 is 0 Å². The lowest BCUT2D eigenvalue weighted by atomic mass is 10.1. The van der Waals surface area contributed by atoms with Crippen LogP contribution in [0.5, 0.6) is 0 Å². The Balaban J connectivity index is 1.70. The largest absolute Gasteiger partial charge is 0.418 e. The SMILES string of the molecule is CC1CCCCN1S(=O)(=O)c1ccc(C(=O)NNc2ccccc2C(F)(F)F)cc1. The van der Waals surface area contributed by atoms with E-state index >= 15 is 0 Å². The molecule has 1 amide bonds. The molecule has 1 saturated heterocycles. The molecule has 162 valence electrons. The van der Waals surface area contributed by atoms with Gasteiger partial charge in [-0.1, -0.05) is 18.6 Å². The Morgan fingerprint density at radius 3 is 2.37 bits per heavy atom. The van der Waals surface area contributed by atoms with Crippen molar-refractivity contribution in [2.45, 2.75) is 43.3 Å². The molecular formula is C20H22F3N3O3S. The number of amides is 1. The number of carbonyl (C=O) groups excluding carboxylic acids is 1. The Labute approximate surface area is 173 Å². The van der Waals surface area contributed by atoms with Gasteiger partial charge in [0.25, 0.3) is 5.91 Å². The van der Waals surface area contributed by atoms with Crippen LogP contribution < -0.4 is 10.9 Å². The zero-order valence-electron chi connectivity index (χ0n) is 16.2. The summed E-state index contributed by atoms with van der Waals surface area (Å²) in [7, 11) is -3.67. The van der Waals surface area contributed by atoms with E-state index in [2.05, 4.69) is 10.9 Å². The molecular weight excluding hydrogens is 419 g/mol. The number of nitrogens with one attached hydrogen (secondary N) is 2. The van der Waals surface area contributed by atoms with Crippen LogP contribution in [-0.4, -0.2) is 31.2 Å². The van der Waals surface area contributed by atoms with Gasteiger partial charge in [0.05, 0.1) is 16.1 Å². The van der Waals surface area contributed by atoms with E-state index in [9.17, 15) is 26.4 Å². The van der Waals surface area contributed by atoms with E-state index in [4.69, 9.17) is 0 Å². The molecule has 0 radical (unpaired) electrons. The van der Waals surface area contributed by atoms with Gasteiger partial charge in [-0.25, -0.2) is 8.42 Å². The number of piperidine rings is 1. The van der Waals surface area contributed by atoms with Gasteiger partial charge >= 0.3 is 6.18 Å². The number of rotatable bonds is 5. The minimum absolute atomic E-state index is 0.0724. The predicted octanol–water partition coefficient (Wildman–Crippen LogP) is 4.03. The number of hydrogen-bond donors (Lipinski definition) is 2. The summed E-state index contributed by atoms with van der Waals surface area (Å²) >= 11 is 0. The second kappa shape index (κ2) is 8.65. The van der Waals surface area contributed by atoms with Crippen LogP contribution in [0.2, 0.25) is 0 Å². The fraction of sp³-hybridized carbons (Fsp3) is 0.350. The van der Waals surface area contributed by atoms with Crippen molar-refractivity contribution in [3.8, 4) is 0 Å². The van der Waals surface area contributed by atoms with Crippen LogP contribution in [0, 0.1) is 0 Å². The summed E-state index contributed by atoms with van der Waals surface area (Å²) in [5.74, 6) is -0.692. The molecule has 1 unspecified atom stereocenters. The first-order chi connectivity index (χ1) is 14.1. The monoisotopic (exact) mass is 441 g/mol. The van der Waals surface area contributed by atoms with Crippen LogP contribution >= 0.6 is 0 Å². The molecule has 2 N–H and O–H groups in total. The number of nitrogens with zero attached hydrogens (tertiary/aromatic N) is 1. The number of hydrazine groups is 1. The number of benzene rings is 2.